The highest BCUT2D eigenvalue weighted by atomic mass is 16.4. The number of benzene rings is 2. The molecular formula is C22H29N5O4. The van der Waals surface area contributed by atoms with Crippen LogP contribution in [0.5, 0.6) is 0 Å². The SMILES string of the molecule is NCCCC[C@H](NC(=O)c1ccc(N)c(NC(=O)[C@@H](N)Cc2ccccc2)c1)C(=O)O. The molecule has 0 saturated carbocycles. The van der Waals surface area contributed by atoms with E-state index in [1.165, 1.54) is 18.2 Å². The number of unbranched alkanes of at least 4 members (excludes halogenated alkanes) is 1. The fourth-order valence-electron chi connectivity index (χ4n) is 2.98. The van der Waals surface area contributed by atoms with E-state index < -0.39 is 29.9 Å². The summed E-state index contributed by atoms with van der Waals surface area (Å²) < 4.78 is 0. The Morgan fingerprint density at radius 3 is 2.39 bits per heavy atom. The minimum absolute atomic E-state index is 0.172. The normalized spacial score (nSPS) is 12.6. The number of carboxylic acid groups (broad SMARTS) is 1. The quantitative estimate of drug-likeness (QED) is 0.230. The molecule has 9 N–H and O–H groups in total. The number of nitrogens with two attached hydrogens (primary N) is 3. The van der Waals surface area contributed by atoms with E-state index >= 15 is 0 Å². The molecule has 0 heterocycles. The van der Waals surface area contributed by atoms with Crippen molar-refractivity contribution < 1.29 is 19.5 Å². The summed E-state index contributed by atoms with van der Waals surface area (Å²) in [7, 11) is 0. The van der Waals surface area contributed by atoms with Gasteiger partial charge in [0.05, 0.1) is 17.4 Å². The maximum absolute atomic E-state index is 12.5. The van der Waals surface area contributed by atoms with Gasteiger partial charge in [-0.2, -0.15) is 0 Å². The monoisotopic (exact) mass is 427 g/mol. The second-order valence-corrected chi connectivity index (χ2v) is 7.24. The molecule has 31 heavy (non-hydrogen) atoms. The Balaban J connectivity index is 2.05. The van der Waals surface area contributed by atoms with Crippen molar-refractivity contribution in [3.63, 3.8) is 0 Å². The molecule has 2 aromatic carbocycles. The summed E-state index contributed by atoms with van der Waals surface area (Å²) in [5, 5.41) is 14.5. The highest BCUT2D eigenvalue weighted by Gasteiger charge is 2.21. The molecule has 2 rings (SSSR count). The zero-order chi connectivity index (χ0) is 22.8. The minimum Gasteiger partial charge on any atom is -0.480 e. The van der Waals surface area contributed by atoms with Gasteiger partial charge >= 0.3 is 5.97 Å². The Labute approximate surface area is 181 Å². The summed E-state index contributed by atoms with van der Waals surface area (Å²) in [4.78, 5) is 36.4. The van der Waals surface area contributed by atoms with Crippen LogP contribution < -0.4 is 27.8 Å². The standard InChI is InChI=1S/C22H29N5O4/c23-11-5-4-8-18(22(30)31)26-20(28)15-9-10-16(24)19(13-15)27-21(29)17(25)12-14-6-2-1-3-7-14/h1-3,6-7,9-10,13,17-18H,4-5,8,11-12,23-25H2,(H,26,28)(H,27,29)(H,30,31)/t17-,18-/m0/s1. The van der Waals surface area contributed by atoms with Crippen LogP contribution in [-0.4, -0.2) is 41.5 Å². The zero-order valence-electron chi connectivity index (χ0n) is 17.2. The number of hydrogen-bond donors (Lipinski definition) is 6. The molecule has 2 atom stereocenters. The van der Waals surface area contributed by atoms with Gasteiger partial charge in [0.1, 0.15) is 6.04 Å². The molecule has 0 saturated heterocycles. The number of carboxylic acids is 1. The number of carbonyl (C=O) groups is 3. The first kappa shape index (κ1) is 23.8. The van der Waals surface area contributed by atoms with E-state index in [9.17, 15) is 19.5 Å². The number of rotatable bonds is 11. The fraction of sp³-hybridized carbons (Fsp3) is 0.318. The molecular weight excluding hydrogens is 398 g/mol. The van der Waals surface area contributed by atoms with Crippen molar-refractivity contribution in [2.45, 2.75) is 37.8 Å². The smallest absolute Gasteiger partial charge is 0.326 e. The first-order valence-electron chi connectivity index (χ1n) is 10.1. The highest BCUT2D eigenvalue weighted by Crippen LogP contribution is 2.21. The third-order valence-corrected chi connectivity index (χ3v) is 4.76. The lowest BCUT2D eigenvalue weighted by Gasteiger charge is -2.16. The van der Waals surface area contributed by atoms with E-state index in [-0.39, 0.29) is 23.4 Å². The van der Waals surface area contributed by atoms with Gasteiger partial charge in [-0.25, -0.2) is 4.79 Å². The zero-order valence-corrected chi connectivity index (χ0v) is 17.2. The number of nitrogen functional groups attached to an aromatic ring is 1. The molecule has 0 spiro atoms. The summed E-state index contributed by atoms with van der Waals surface area (Å²) in [5.74, 6) is -2.15. The van der Waals surface area contributed by atoms with Crippen molar-refractivity contribution in [2.24, 2.45) is 11.5 Å². The van der Waals surface area contributed by atoms with Crippen molar-refractivity contribution in [3.8, 4) is 0 Å². The van der Waals surface area contributed by atoms with Crippen molar-refractivity contribution >= 4 is 29.2 Å². The van der Waals surface area contributed by atoms with Crippen LogP contribution in [0.3, 0.4) is 0 Å². The average Bonchev–Trinajstić information content (AvgIpc) is 2.75. The first-order valence-corrected chi connectivity index (χ1v) is 10.1. The number of aliphatic carboxylic acids is 1. The average molecular weight is 428 g/mol. The van der Waals surface area contributed by atoms with Crippen molar-refractivity contribution in [3.05, 3.63) is 59.7 Å². The lowest BCUT2D eigenvalue weighted by Crippen LogP contribution is -2.41. The van der Waals surface area contributed by atoms with Crippen molar-refractivity contribution in [2.75, 3.05) is 17.6 Å². The van der Waals surface area contributed by atoms with E-state index in [0.717, 1.165) is 5.56 Å². The molecule has 2 amide bonds. The molecule has 0 aliphatic rings. The predicted octanol–water partition coefficient (Wildman–Crippen LogP) is 1.09. The van der Waals surface area contributed by atoms with Gasteiger partial charge in [0.15, 0.2) is 0 Å². The molecule has 0 fully saturated rings. The molecule has 166 valence electrons. The molecule has 0 aromatic heterocycles. The first-order chi connectivity index (χ1) is 14.8. The van der Waals surface area contributed by atoms with E-state index in [4.69, 9.17) is 17.2 Å². The maximum atomic E-state index is 12.5. The molecule has 0 radical (unpaired) electrons. The topological polar surface area (TPSA) is 174 Å². The number of hydrogen-bond acceptors (Lipinski definition) is 6. The molecule has 9 heteroatoms. The fourth-order valence-corrected chi connectivity index (χ4v) is 2.98. The minimum atomic E-state index is -1.12. The number of amides is 2. The van der Waals surface area contributed by atoms with Gasteiger partial charge in [0.25, 0.3) is 5.91 Å². The van der Waals surface area contributed by atoms with Crippen LogP contribution in [0.4, 0.5) is 11.4 Å². The molecule has 0 bridgehead atoms. The second-order valence-electron chi connectivity index (χ2n) is 7.24. The van der Waals surface area contributed by atoms with Crippen molar-refractivity contribution in [1.29, 1.82) is 0 Å². The van der Waals surface area contributed by atoms with Crippen molar-refractivity contribution in [1.82, 2.24) is 5.32 Å². The van der Waals surface area contributed by atoms with Gasteiger partial charge in [-0.15, -0.1) is 0 Å². The molecule has 0 aliphatic heterocycles. The summed E-state index contributed by atoms with van der Waals surface area (Å²) in [6.45, 7) is 0.452. The van der Waals surface area contributed by atoms with Crippen LogP contribution in [0.25, 0.3) is 0 Å². The van der Waals surface area contributed by atoms with E-state index in [1.807, 2.05) is 30.3 Å². The summed E-state index contributed by atoms with van der Waals surface area (Å²) in [5.41, 5.74) is 18.9. The third kappa shape index (κ3) is 7.40. The summed E-state index contributed by atoms with van der Waals surface area (Å²) >= 11 is 0. The van der Waals surface area contributed by atoms with Crippen LogP contribution in [-0.2, 0) is 16.0 Å². The summed E-state index contributed by atoms with van der Waals surface area (Å²) in [6, 6.07) is 11.8. The van der Waals surface area contributed by atoms with Gasteiger partial charge in [-0.05, 0) is 56.0 Å². The Morgan fingerprint density at radius 2 is 1.74 bits per heavy atom. The number of carbonyl (C=O) groups excluding carboxylic acids is 2. The molecule has 9 nitrogen and oxygen atoms in total. The Morgan fingerprint density at radius 1 is 1.03 bits per heavy atom. The summed E-state index contributed by atoms with van der Waals surface area (Å²) in [6.07, 6.45) is 1.86. The molecule has 0 unspecified atom stereocenters. The van der Waals surface area contributed by atoms with Crippen LogP contribution in [0, 0.1) is 0 Å². The van der Waals surface area contributed by atoms with Gasteiger partial charge in [-0.3, -0.25) is 9.59 Å². The third-order valence-electron chi connectivity index (χ3n) is 4.76. The van der Waals surface area contributed by atoms with Gasteiger partial charge in [-0.1, -0.05) is 30.3 Å². The largest absolute Gasteiger partial charge is 0.480 e. The lowest BCUT2D eigenvalue weighted by atomic mass is 10.1. The van der Waals surface area contributed by atoms with Gasteiger partial charge < -0.3 is 32.9 Å². The van der Waals surface area contributed by atoms with Crippen LogP contribution in [0.2, 0.25) is 0 Å². The van der Waals surface area contributed by atoms with Crippen LogP contribution in [0.15, 0.2) is 48.5 Å². The molecule has 2 aromatic rings. The maximum Gasteiger partial charge on any atom is 0.326 e. The van der Waals surface area contributed by atoms with Crippen LogP contribution in [0.1, 0.15) is 35.2 Å². The molecule has 0 aliphatic carbocycles. The predicted molar refractivity (Wildman–Crippen MR) is 119 cm³/mol. The number of nitrogens with one attached hydrogen (secondary N) is 2. The second kappa shape index (κ2) is 11.7. The van der Waals surface area contributed by atoms with Gasteiger partial charge in [0, 0.05) is 5.56 Å². The van der Waals surface area contributed by atoms with Gasteiger partial charge in [0.2, 0.25) is 5.91 Å². The van der Waals surface area contributed by atoms with Crippen LogP contribution >= 0.6 is 0 Å². The highest BCUT2D eigenvalue weighted by molar-refractivity contribution is 6.01. The lowest BCUT2D eigenvalue weighted by molar-refractivity contribution is -0.139. The van der Waals surface area contributed by atoms with E-state index in [1.54, 1.807) is 0 Å². The van der Waals surface area contributed by atoms with E-state index in [0.29, 0.717) is 25.8 Å². The Hall–Kier alpha value is -3.43. The van der Waals surface area contributed by atoms with E-state index in [2.05, 4.69) is 10.6 Å². The number of anilines is 2. The Bertz CT molecular complexity index is 904. The Kier molecular flexibility index (Phi) is 8.98.